The molecule has 124 valence electrons. The van der Waals surface area contributed by atoms with E-state index in [4.69, 9.17) is 0 Å². The van der Waals surface area contributed by atoms with Crippen molar-refractivity contribution >= 4 is 11.6 Å². The molecule has 0 saturated heterocycles. The van der Waals surface area contributed by atoms with E-state index in [1.807, 2.05) is 25.5 Å². The molecule has 1 aromatic rings. The summed E-state index contributed by atoms with van der Waals surface area (Å²) in [6, 6.07) is 6.66. The maximum absolute atomic E-state index is 12.3. The van der Waals surface area contributed by atoms with Gasteiger partial charge in [-0.25, -0.2) is 0 Å². The van der Waals surface area contributed by atoms with Crippen molar-refractivity contribution in [3.8, 4) is 0 Å². The van der Waals surface area contributed by atoms with Gasteiger partial charge in [0, 0.05) is 12.2 Å². The van der Waals surface area contributed by atoms with Gasteiger partial charge in [0.2, 0.25) is 0 Å². The zero-order valence-corrected chi connectivity index (χ0v) is 13.4. The molecule has 2 atom stereocenters. The van der Waals surface area contributed by atoms with Crippen molar-refractivity contribution in [3.63, 3.8) is 0 Å². The average molecular weight is 316 g/mol. The third kappa shape index (κ3) is 5.33. The molecule has 2 unspecified atom stereocenters. The molecule has 0 heterocycles. The van der Waals surface area contributed by atoms with Gasteiger partial charge in [0.25, 0.3) is 0 Å². The topological polar surface area (TPSA) is 32.3 Å². The number of anilines is 1. The lowest BCUT2D eigenvalue weighted by molar-refractivity contribution is -0.167. The van der Waals surface area contributed by atoms with Gasteiger partial charge < -0.3 is 10.2 Å². The van der Waals surface area contributed by atoms with E-state index >= 15 is 0 Å². The van der Waals surface area contributed by atoms with Crippen LogP contribution in [0, 0.1) is 5.92 Å². The van der Waals surface area contributed by atoms with Crippen LogP contribution in [0.2, 0.25) is 0 Å². The van der Waals surface area contributed by atoms with Crippen LogP contribution in [0.15, 0.2) is 24.3 Å². The highest BCUT2D eigenvalue weighted by atomic mass is 19.4. The Balaban J connectivity index is 2.92. The normalized spacial score (nSPS) is 14.7. The number of hydrogen-bond donors (Lipinski definition) is 1. The summed E-state index contributed by atoms with van der Waals surface area (Å²) in [6.45, 7) is 5.06. The minimum absolute atomic E-state index is 0.176. The van der Waals surface area contributed by atoms with Gasteiger partial charge in [0.1, 0.15) is 0 Å². The summed E-state index contributed by atoms with van der Waals surface area (Å²) in [6.07, 6.45) is -4.00. The second-order valence-electron chi connectivity index (χ2n) is 5.83. The highest BCUT2D eigenvalue weighted by Crippen LogP contribution is 2.30. The summed E-state index contributed by atoms with van der Waals surface area (Å²) in [5.74, 6) is -1.36. The lowest BCUT2D eigenvalue weighted by Crippen LogP contribution is -2.30. The molecule has 3 nitrogen and oxygen atoms in total. The molecule has 0 aliphatic carbocycles. The maximum Gasteiger partial charge on any atom is 0.471 e. The SMILES string of the molecule is CCC(c1cccc(NC(=O)C(F)(F)F)c1)C(C)CN(C)C. The van der Waals surface area contributed by atoms with Gasteiger partial charge in [-0.2, -0.15) is 13.2 Å². The number of amides is 1. The number of nitrogens with zero attached hydrogens (tertiary/aromatic N) is 1. The first-order valence-corrected chi connectivity index (χ1v) is 7.28. The predicted octanol–water partition coefficient (Wildman–Crippen LogP) is 3.88. The fraction of sp³-hybridized carbons (Fsp3) is 0.562. The number of halogens is 3. The molecule has 1 N–H and O–H groups in total. The van der Waals surface area contributed by atoms with E-state index in [1.54, 1.807) is 12.1 Å². The van der Waals surface area contributed by atoms with Gasteiger partial charge in [0.05, 0.1) is 0 Å². The minimum atomic E-state index is -4.88. The molecule has 1 rings (SSSR count). The van der Waals surface area contributed by atoms with Crippen LogP contribution in [-0.4, -0.2) is 37.6 Å². The summed E-state index contributed by atoms with van der Waals surface area (Å²) in [5, 5.41) is 1.91. The van der Waals surface area contributed by atoms with Crippen molar-refractivity contribution in [2.45, 2.75) is 32.4 Å². The molecular formula is C16H23F3N2O. The van der Waals surface area contributed by atoms with Crippen LogP contribution >= 0.6 is 0 Å². The van der Waals surface area contributed by atoms with Crippen molar-refractivity contribution < 1.29 is 18.0 Å². The standard InChI is InChI=1S/C16H23F3N2O/c1-5-14(11(2)10-21(3)4)12-7-6-8-13(9-12)20-15(22)16(17,18)19/h6-9,11,14H,5,10H2,1-4H3,(H,20,22). The van der Waals surface area contributed by atoms with Crippen LogP contribution in [-0.2, 0) is 4.79 Å². The Bertz CT molecular complexity index is 500. The van der Waals surface area contributed by atoms with Gasteiger partial charge in [-0.3, -0.25) is 4.79 Å². The zero-order chi connectivity index (χ0) is 16.9. The summed E-state index contributed by atoms with van der Waals surface area (Å²) >= 11 is 0. The molecule has 1 aromatic carbocycles. The van der Waals surface area contributed by atoms with Gasteiger partial charge >= 0.3 is 12.1 Å². The van der Waals surface area contributed by atoms with Crippen LogP contribution in [0.3, 0.4) is 0 Å². The first-order valence-electron chi connectivity index (χ1n) is 7.28. The number of rotatable bonds is 6. The van der Waals surface area contributed by atoms with E-state index in [1.165, 1.54) is 6.07 Å². The van der Waals surface area contributed by atoms with Crippen molar-refractivity contribution in [2.24, 2.45) is 5.92 Å². The minimum Gasteiger partial charge on any atom is -0.318 e. The average Bonchev–Trinajstić information content (AvgIpc) is 2.38. The smallest absolute Gasteiger partial charge is 0.318 e. The Hall–Kier alpha value is -1.56. The predicted molar refractivity (Wildman–Crippen MR) is 81.9 cm³/mol. The summed E-state index contributed by atoms with van der Waals surface area (Å²) in [7, 11) is 3.98. The van der Waals surface area contributed by atoms with Crippen molar-refractivity contribution in [1.82, 2.24) is 4.90 Å². The van der Waals surface area contributed by atoms with Gasteiger partial charge in [-0.05, 0) is 50.0 Å². The van der Waals surface area contributed by atoms with Gasteiger partial charge in [0.15, 0.2) is 0 Å². The second-order valence-corrected chi connectivity index (χ2v) is 5.83. The number of carbonyl (C=O) groups is 1. The Labute approximate surface area is 129 Å². The van der Waals surface area contributed by atoms with Gasteiger partial charge in [-0.1, -0.05) is 26.0 Å². The van der Waals surface area contributed by atoms with Crippen molar-refractivity contribution in [3.05, 3.63) is 29.8 Å². The number of nitrogens with one attached hydrogen (secondary N) is 1. The lowest BCUT2D eigenvalue weighted by atomic mass is 9.84. The molecule has 0 radical (unpaired) electrons. The Kier molecular flexibility index (Phi) is 6.41. The van der Waals surface area contributed by atoms with Crippen molar-refractivity contribution in [2.75, 3.05) is 26.0 Å². The monoisotopic (exact) mass is 316 g/mol. The van der Waals surface area contributed by atoms with Crippen LogP contribution in [0.5, 0.6) is 0 Å². The summed E-state index contributed by atoms with van der Waals surface area (Å²) < 4.78 is 36.9. The fourth-order valence-electron chi connectivity index (χ4n) is 2.72. The third-order valence-corrected chi connectivity index (χ3v) is 3.61. The second kappa shape index (κ2) is 7.63. The van der Waals surface area contributed by atoms with E-state index in [9.17, 15) is 18.0 Å². The van der Waals surface area contributed by atoms with Crippen LogP contribution < -0.4 is 5.32 Å². The largest absolute Gasteiger partial charge is 0.471 e. The molecule has 0 saturated carbocycles. The number of benzene rings is 1. The first kappa shape index (κ1) is 18.5. The molecule has 6 heteroatoms. The quantitative estimate of drug-likeness (QED) is 0.864. The molecule has 0 aromatic heterocycles. The van der Waals surface area contributed by atoms with Crippen molar-refractivity contribution in [1.29, 1.82) is 0 Å². The van der Waals surface area contributed by atoms with E-state index in [-0.39, 0.29) is 11.6 Å². The number of carbonyl (C=O) groups excluding carboxylic acids is 1. The molecule has 0 fully saturated rings. The van der Waals surface area contributed by atoms with Gasteiger partial charge in [-0.15, -0.1) is 0 Å². The molecule has 22 heavy (non-hydrogen) atoms. The molecular weight excluding hydrogens is 293 g/mol. The van der Waals surface area contributed by atoms with Crippen LogP contribution in [0.25, 0.3) is 0 Å². The van der Waals surface area contributed by atoms with Crippen LogP contribution in [0.1, 0.15) is 31.7 Å². The van der Waals surface area contributed by atoms with E-state index in [0.29, 0.717) is 5.92 Å². The highest BCUT2D eigenvalue weighted by Gasteiger charge is 2.38. The summed E-state index contributed by atoms with van der Waals surface area (Å²) in [4.78, 5) is 13.1. The molecule has 1 amide bonds. The molecule has 0 aliphatic heterocycles. The Morgan fingerprint density at radius 1 is 1.32 bits per heavy atom. The maximum atomic E-state index is 12.3. The first-order chi connectivity index (χ1) is 10.1. The Morgan fingerprint density at radius 2 is 1.95 bits per heavy atom. The van der Waals surface area contributed by atoms with E-state index in [2.05, 4.69) is 18.7 Å². The number of hydrogen-bond acceptors (Lipinski definition) is 2. The van der Waals surface area contributed by atoms with E-state index in [0.717, 1.165) is 18.5 Å². The molecule has 0 spiro atoms. The van der Waals surface area contributed by atoms with E-state index < -0.39 is 12.1 Å². The van der Waals surface area contributed by atoms with Crippen LogP contribution in [0.4, 0.5) is 18.9 Å². The molecule has 0 aliphatic rings. The number of alkyl halides is 3. The molecule has 0 bridgehead atoms. The fourth-order valence-corrected chi connectivity index (χ4v) is 2.72. The highest BCUT2D eigenvalue weighted by molar-refractivity contribution is 5.94. The zero-order valence-electron chi connectivity index (χ0n) is 13.4. The Morgan fingerprint density at radius 3 is 2.45 bits per heavy atom. The lowest BCUT2D eigenvalue weighted by Gasteiger charge is -2.26. The third-order valence-electron chi connectivity index (χ3n) is 3.61. The summed E-state index contributed by atoms with van der Waals surface area (Å²) in [5.41, 5.74) is 1.12.